The fourth-order valence-electron chi connectivity index (χ4n) is 0.281. The van der Waals surface area contributed by atoms with Crippen LogP contribution in [0.3, 0.4) is 0 Å². The molecular formula is C3H9BFN. The molecule has 0 heterocycles. The molecule has 0 aliphatic heterocycles. The van der Waals surface area contributed by atoms with Crippen LogP contribution in [0.2, 0.25) is 6.82 Å². The lowest BCUT2D eigenvalue weighted by Crippen LogP contribution is -2.20. The van der Waals surface area contributed by atoms with Gasteiger partial charge in [0, 0.05) is 6.44 Å². The minimum atomic E-state index is -0.713. The van der Waals surface area contributed by atoms with Crippen LogP contribution < -0.4 is 5.32 Å². The van der Waals surface area contributed by atoms with Crippen molar-refractivity contribution in [2.75, 3.05) is 13.5 Å². The van der Waals surface area contributed by atoms with Crippen LogP contribution in [0.5, 0.6) is 0 Å². The lowest BCUT2D eigenvalue weighted by Gasteiger charge is -1.89. The van der Waals surface area contributed by atoms with Crippen molar-refractivity contribution in [2.24, 2.45) is 0 Å². The van der Waals surface area contributed by atoms with Gasteiger partial charge in [0.05, 0.1) is 0 Å². The summed E-state index contributed by atoms with van der Waals surface area (Å²) in [5, 5.41) is 2.69. The third-order valence-electron chi connectivity index (χ3n) is 0.485. The highest BCUT2D eigenvalue weighted by molar-refractivity contribution is 6.49. The van der Waals surface area contributed by atoms with Gasteiger partial charge in [-0.1, -0.05) is 6.82 Å². The summed E-state index contributed by atoms with van der Waals surface area (Å²) in [6.07, 6.45) is 0.458. The minimum absolute atomic E-state index is 0.458. The molecule has 0 unspecified atom stereocenters. The van der Waals surface area contributed by atoms with Crippen LogP contribution >= 0.6 is 0 Å². The van der Waals surface area contributed by atoms with E-state index in [-0.39, 0.29) is 0 Å². The Labute approximate surface area is 38.1 Å². The number of hydrogen-bond donors (Lipinski definition) is 1. The summed E-state index contributed by atoms with van der Waals surface area (Å²) in [4.78, 5) is 0. The SMILES string of the molecule is CNCB(C)F. The Bertz CT molecular complexity index is 32.0. The first-order valence-electron chi connectivity index (χ1n) is 2.06. The van der Waals surface area contributed by atoms with Gasteiger partial charge in [0.2, 0.25) is 0 Å². The lowest BCUT2D eigenvalue weighted by molar-refractivity contribution is 0.795. The van der Waals surface area contributed by atoms with E-state index in [9.17, 15) is 4.32 Å². The van der Waals surface area contributed by atoms with Gasteiger partial charge in [0.25, 0.3) is 0 Å². The summed E-state index contributed by atoms with van der Waals surface area (Å²) in [6, 6.07) is 0. The molecule has 0 bridgehead atoms. The van der Waals surface area contributed by atoms with Crippen LogP contribution in [0.25, 0.3) is 0 Å². The van der Waals surface area contributed by atoms with Gasteiger partial charge in [0.15, 0.2) is 0 Å². The zero-order valence-electron chi connectivity index (χ0n) is 4.16. The van der Waals surface area contributed by atoms with Crippen molar-refractivity contribution < 1.29 is 4.32 Å². The molecule has 0 aliphatic rings. The number of nitrogens with one attached hydrogen (secondary N) is 1. The number of rotatable bonds is 2. The quantitative estimate of drug-likeness (QED) is 0.481. The maximum atomic E-state index is 11.6. The highest BCUT2D eigenvalue weighted by Gasteiger charge is 1.99. The van der Waals surface area contributed by atoms with Crippen molar-refractivity contribution in [1.82, 2.24) is 5.32 Å². The number of halogens is 1. The standard InChI is InChI=1S/C3H9BFN/c1-4(5)3-6-2/h6H,3H2,1-2H3. The predicted octanol–water partition coefficient (Wildman–Crippen LogP) is 0.336. The normalized spacial score (nSPS) is 8.50. The van der Waals surface area contributed by atoms with Crippen LogP contribution in [-0.4, -0.2) is 20.5 Å². The summed E-state index contributed by atoms with van der Waals surface area (Å²) in [6.45, 7) is 0.811. The Morgan fingerprint density at radius 2 is 2.33 bits per heavy atom. The molecule has 0 aliphatic carbocycles. The average molecular weight is 88.9 g/mol. The van der Waals surface area contributed by atoms with Gasteiger partial charge in [-0.05, 0) is 7.05 Å². The Balaban J connectivity index is 2.63. The van der Waals surface area contributed by atoms with Crippen molar-refractivity contribution in [3.63, 3.8) is 0 Å². The fraction of sp³-hybridized carbons (Fsp3) is 1.00. The van der Waals surface area contributed by atoms with Gasteiger partial charge in [-0.2, -0.15) is 0 Å². The largest absolute Gasteiger partial charge is 0.359 e. The minimum Gasteiger partial charge on any atom is -0.335 e. The maximum absolute atomic E-state index is 11.6. The summed E-state index contributed by atoms with van der Waals surface area (Å²) in [7, 11) is 1.73. The van der Waals surface area contributed by atoms with E-state index in [1.807, 2.05) is 0 Å². The van der Waals surface area contributed by atoms with Gasteiger partial charge in [0.1, 0.15) is 0 Å². The molecule has 0 fully saturated rings. The van der Waals surface area contributed by atoms with E-state index in [1.54, 1.807) is 7.05 Å². The average Bonchev–Trinajstić information content (AvgIpc) is 1.35. The van der Waals surface area contributed by atoms with Gasteiger partial charge in [-0.25, -0.2) is 0 Å². The van der Waals surface area contributed by atoms with E-state index in [0.717, 1.165) is 0 Å². The van der Waals surface area contributed by atoms with Crippen molar-refractivity contribution in [2.45, 2.75) is 6.82 Å². The van der Waals surface area contributed by atoms with Crippen molar-refractivity contribution >= 4 is 6.99 Å². The van der Waals surface area contributed by atoms with Gasteiger partial charge < -0.3 is 9.63 Å². The first-order valence-corrected chi connectivity index (χ1v) is 2.06. The smallest absolute Gasteiger partial charge is 0.335 e. The third-order valence-corrected chi connectivity index (χ3v) is 0.485. The topological polar surface area (TPSA) is 12.0 Å². The molecule has 6 heavy (non-hydrogen) atoms. The van der Waals surface area contributed by atoms with Crippen LogP contribution in [0.15, 0.2) is 0 Å². The highest BCUT2D eigenvalue weighted by atomic mass is 19.1. The molecule has 0 saturated carbocycles. The maximum Gasteiger partial charge on any atom is 0.359 e. The zero-order valence-corrected chi connectivity index (χ0v) is 4.16. The van der Waals surface area contributed by atoms with Crippen molar-refractivity contribution in [1.29, 1.82) is 0 Å². The van der Waals surface area contributed by atoms with Gasteiger partial charge >= 0.3 is 6.99 Å². The molecule has 0 aromatic carbocycles. The zero-order chi connectivity index (χ0) is 4.99. The van der Waals surface area contributed by atoms with E-state index < -0.39 is 6.99 Å². The predicted molar refractivity (Wildman–Crippen MR) is 26.7 cm³/mol. The van der Waals surface area contributed by atoms with Gasteiger partial charge in [-0.3, -0.25) is 0 Å². The molecule has 1 N–H and O–H groups in total. The Hall–Kier alpha value is -0.0451. The van der Waals surface area contributed by atoms with Crippen molar-refractivity contribution in [3.05, 3.63) is 0 Å². The number of hydrogen-bond acceptors (Lipinski definition) is 1. The fourth-order valence-corrected chi connectivity index (χ4v) is 0.281. The monoisotopic (exact) mass is 89.1 g/mol. The molecule has 1 nitrogen and oxygen atoms in total. The summed E-state index contributed by atoms with van der Waals surface area (Å²) >= 11 is 0. The molecule has 0 aromatic heterocycles. The second-order valence-corrected chi connectivity index (χ2v) is 1.34. The molecule has 0 amide bonds. The molecule has 0 spiro atoms. The van der Waals surface area contributed by atoms with Crippen LogP contribution in [0, 0.1) is 0 Å². The van der Waals surface area contributed by atoms with Crippen LogP contribution in [0.1, 0.15) is 0 Å². The summed E-state index contributed by atoms with van der Waals surface area (Å²) < 4.78 is 11.6. The van der Waals surface area contributed by atoms with Crippen molar-refractivity contribution in [3.8, 4) is 0 Å². The summed E-state index contributed by atoms with van der Waals surface area (Å²) in [5.41, 5.74) is 0. The molecular weight excluding hydrogens is 79.8 g/mol. The molecule has 0 atom stereocenters. The Kier molecular flexibility index (Phi) is 3.13. The molecule has 0 radical (unpaired) electrons. The van der Waals surface area contributed by atoms with E-state index in [2.05, 4.69) is 5.32 Å². The van der Waals surface area contributed by atoms with Crippen LogP contribution in [0.4, 0.5) is 4.32 Å². The first-order chi connectivity index (χ1) is 2.77. The van der Waals surface area contributed by atoms with E-state index in [0.29, 0.717) is 6.44 Å². The molecule has 0 saturated heterocycles. The molecule has 3 heteroatoms. The molecule has 36 valence electrons. The Morgan fingerprint density at radius 1 is 1.83 bits per heavy atom. The van der Waals surface area contributed by atoms with E-state index in [4.69, 9.17) is 0 Å². The van der Waals surface area contributed by atoms with E-state index in [1.165, 1.54) is 6.82 Å². The molecule has 0 rings (SSSR count). The Morgan fingerprint density at radius 3 is 2.33 bits per heavy atom. The lowest BCUT2D eigenvalue weighted by atomic mass is 9.76. The second-order valence-electron chi connectivity index (χ2n) is 1.34. The first kappa shape index (κ1) is 5.95. The summed E-state index contributed by atoms with van der Waals surface area (Å²) in [5.74, 6) is 0. The second kappa shape index (κ2) is 3.16. The van der Waals surface area contributed by atoms with Gasteiger partial charge in [-0.15, -0.1) is 0 Å². The van der Waals surface area contributed by atoms with E-state index >= 15 is 0 Å². The third kappa shape index (κ3) is 3.95. The highest BCUT2D eigenvalue weighted by Crippen LogP contribution is 1.74. The van der Waals surface area contributed by atoms with Crippen LogP contribution in [-0.2, 0) is 0 Å². The molecule has 0 aromatic rings.